The standard InChI is InChI=1S/C16H24N2O2/c1-2-18(12-13-7-6-10-17-11-13)16(20)15(19)14-8-4-3-5-9-14/h3-5,8-9,13,15,17,19H,2,6-7,10-12H2,1H3. The molecule has 1 aromatic rings. The fourth-order valence-electron chi connectivity index (χ4n) is 2.72. The molecule has 1 heterocycles. The molecule has 2 N–H and O–H groups in total. The van der Waals surface area contributed by atoms with Gasteiger partial charge in [0.1, 0.15) is 0 Å². The Hall–Kier alpha value is -1.39. The van der Waals surface area contributed by atoms with Gasteiger partial charge in [0.15, 0.2) is 6.10 Å². The van der Waals surface area contributed by atoms with Crippen LogP contribution in [0.2, 0.25) is 0 Å². The highest BCUT2D eigenvalue weighted by atomic mass is 16.3. The van der Waals surface area contributed by atoms with E-state index in [0.717, 1.165) is 32.5 Å². The molecular formula is C16H24N2O2. The zero-order chi connectivity index (χ0) is 14.4. The third kappa shape index (κ3) is 3.81. The molecule has 0 aliphatic carbocycles. The van der Waals surface area contributed by atoms with Crippen molar-refractivity contribution < 1.29 is 9.90 Å². The second-order valence-electron chi connectivity index (χ2n) is 5.40. The maximum Gasteiger partial charge on any atom is 0.256 e. The Morgan fingerprint density at radius 1 is 1.45 bits per heavy atom. The molecule has 2 unspecified atom stereocenters. The minimum Gasteiger partial charge on any atom is -0.378 e. The third-order valence-electron chi connectivity index (χ3n) is 3.92. The molecule has 2 rings (SSSR count). The molecule has 1 aliphatic heterocycles. The Kier molecular flexibility index (Phi) is 5.56. The van der Waals surface area contributed by atoms with E-state index < -0.39 is 6.10 Å². The Bertz CT molecular complexity index is 416. The molecule has 4 heteroatoms. The van der Waals surface area contributed by atoms with Crippen molar-refractivity contribution in [1.82, 2.24) is 10.2 Å². The van der Waals surface area contributed by atoms with Crippen LogP contribution in [0.3, 0.4) is 0 Å². The monoisotopic (exact) mass is 276 g/mol. The quantitative estimate of drug-likeness (QED) is 0.858. The first kappa shape index (κ1) is 15.0. The smallest absolute Gasteiger partial charge is 0.256 e. The number of rotatable bonds is 5. The number of benzene rings is 1. The van der Waals surface area contributed by atoms with Crippen LogP contribution in [0.4, 0.5) is 0 Å². The Balaban J connectivity index is 1.97. The van der Waals surface area contributed by atoms with Crippen molar-refractivity contribution in [2.24, 2.45) is 5.92 Å². The lowest BCUT2D eigenvalue weighted by Gasteiger charge is -2.30. The lowest BCUT2D eigenvalue weighted by Crippen LogP contribution is -2.42. The number of piperidine rings is 1. The maximum absolute atomic E-state index is 12.4. The number of carbonyl (C=O) groups is 1. The molecule has 1 fully saturated rings. The summed E-state index contributed by atoms with van der Waals surface area (Å²) in [6.07, 6.45) is 1.27. The van der Waals surface area contributed by atoms with E-state index in [1.165, 1.54) is 0 Å². The van der Waals surface area contributed by atoms with Crippen LogP contribution < -0.4 is 5.32 Å². The van der Waals surface area contributed by atoms with Crippen LogP contribution in [0.25, 0.3) is 0 Å². The first-order valence-corrected chi connectivity index (χ1v) is 7.45. The number of aliphatic hydroxyl groups is 1. The average Bonchev–Trinajstić information content (AvgIpc) is 2.53. The van der Waals surface area contributed by atoms with Crippen LogP contribution in [0, 0.1) is 5.92 Å². The van der Waals surface area contributed by atoms with E-state index in [1.54, 1.807) is 17.0 Å². The highest BCUT2D eigenvalue weighted by Gasteiger charge is 2.25. The Morgan fingerprint density at radius 2 is 2.20 bits per heavy atom. The van der Waals surface area contributed by atoms with E-state index in [-0.39, 0.29) is 5.91 Å². The zero-order valence-corrected chi connectivity index (χ0v) is 12.1. The molecule has 0 aromatic heterocycles. The van der Waals surface area contributed by atoms with Gasteiger partial charge in [-0.05, 0) is 44.3 Å². The predicted molar refractivity (Wildman–Crippen MR) is 79.2 cm³/mol. The lowest BCUT2D eigenvalue weighted by atomic mass is 9.98. The molecular weight excluding hydrogens is 252 g/mol. The van der Waals surface area contributed by atoms with Gasteiger partial charge in [-0.15, -0.1) is 0 Å². The van der Waals surface area contributed by atoms with Crippen LogP contribution in [0.1, 0.15) is 31.4 Å². The van der Waals surface area contributed by atoms with Gasteiger partial charge < -0.3 is 15.3 Å². The summed E-state index contributed by atoms with van der Waals surface area (Å²) in [4.78, 5) is 14.2. The van der Waals surface area contributed by atoms with Crippen molar-refractivity contribution in [3.8, 4) is 0 Å². The normalized spacial score (nSPS) is 20.4. The van der Waals surface area contributed by atoms with Gasteiger partial charge in [0.25, 0.3) is 5.91 Å². The number of nitrogens with one attached hydrogen (secondary N) is 1. The number of hydrogen-bond acceptors (Lipinski definition) is 3. The minimum absolute atomic E-state index is 0.190. The van der Waals surface area contributed by atoms with Crippen molar-refractivity contribution in [3.05, 3.63) is 35.9 Å². The van der Waals surface area contributed by atoms with Crippen LogP contribution in [0.5, 0.6) is 0 Å². The number of hydrogen-bond donors (Lipinski definition) is 2. The average molecular weight is 276 g/mol. The molecule has 20 heavy (non-hydrogen) atoms. The summed E-state index contributed by atoms with van der Waals surface area (Å²) in [6, 6.07) is 9.14. The molecule has 2 atom stereocenters. The highest BCUT2D eigenvalue weighted by molar-refractivity contribution is 5.82. The molecule has 1 amide bonds. The van der Waals surface area contributed by atoms with Gasteiger partial charge in [-0.3, -0.25) is 4.79 Å². The van der Waals surface area contributed by atoms with Gasteiger partial charge in [-0.1, -0.05) is 30.3 Å². The van der Waals surface area contributed by atoms with Gasteiger partial charge in [-0.2, -0.15) is 0 Å². The van der Waals surface area contributed by atoms with Gasteiger partial charge >= 0.3 is 0 Å². The molecule has 110 valence electrons. The second-order valence-corrected chi connectivity index (χ2v) is 5.40. The van der Waals surface area contributed by atoms with Crippen molar-refractivity contribution in [3.63, 3.8) is 0 Å². The number of nitrogens with zero attached hydrogens (tertiary/aromatic N) is 1. The molecule has 0 saturated carbocycles. The molecule has 1 aromatic carbocycles. The van der Waals surface area contributed by atoms with E-state index in [0.29, 0.717) is 18.0 Å². The minimum atomic E-state index is -1.05. The summed E-state index contributed by atoms with van der Waals surface area (Å²) in [7, 11) is 0. The van der Waals surface area contributed by atoms with Crippen molar-refractivity contribution in [2.45, 2.75) is 25.9 Å². The summed E-state index contributed by atoms with van der Waals surface area (Å²) in [5.41, 5.74) is 0.665. The molecule has 0 spiro atoms. The predicted octanol–water partition coefficient (Wildman–Crippen LogP) is 1.57. The number of aliphatic hydroxyl groups excluding tert-OH is 1. The summed E-state index contributed by atoms with van der Waals surface area (Å²) in [5.74, 6) is 0.305. The summed E-state index contributed by atoms with van der Waals surface area (Å²) < 4.78 is 0. The number of carbonyl (C=O) groups excluding carboxylic acids is 1. The molecule has 4 nitrogen and oxygen atoms in total. The summed E-state index contributed by atoms with van der Waals surface area (Å²) >= 11 is 0. The van der Waals surface area contributed by atoms with E-state index in [9.17, 15) is 9.90 Å². The van der Waals surface area contributed by atoms with E-state index in [1.807, 2.05) is 25.1 Å². The SMILES string of the molecule is CCN(CC1CCCNC1)C(=O)C(O)c1ccccc1. The first-order chi connectivity index (χ1) is 9.72. The van der Waals surface area contributed by atoms with Gasteiger partial charge in [-0.25, -0.2) is 0 Å². The van der Waals surface area contributed by atoms with E-state index in [4.69, 9.17) is 0 Å². The molecule has 1 aliphatic rings. The largest absolute Gasteiger partial charge is 0.378 e. The Labute approximate surface area is 120 Å². The van der Waals surface area contributed by atoms with Gasteiger partial charge in [0.2, 0.25) is 0 Å². The van der Waals surface area contributed by atoms with Crippen LogP contribution in [0.15, 0.2) is 30.3 Å². The van der Waals surface area contributed by atoms with Crippen molar-refractivity contribution in [1.29, 1.82) is 0 Å². The number of likely N-dealkylation sites (N-methyl/N-ethyl adjacent to an activating group) is 1. The third-order valence-corrected chi connectivity index (χ3v) is 3.92. The van der Waals surface area contributed by atoms with Crippen LogP contribution >= 0.6 is 0 Å². The van der Waals surface area contributed by atoms with E-state index >= 15 is 0 Å². The van der Waals surface area contributed by atoms with Crippen LogP contribution in [-0.2, 0) is 4.79 Å². The number of amides is 1. The highest BCUT2D eigenvalue weighted by Crippen LogP contribution is 2.18. The summed E-state index contributed by atoms with van der Waals surface area (Å²) in [5, 5.41) is 13.6. The lowest BCUT2D eigenvalue weighted by molar-refractivity contribution is -0.141. The first-order valence-electron chi connectivity index (χ1n) is 7.45. The van der Waals surface area contributed by atoms with Crippen molar-refractivity contribution >= 4 is 5.91 Å². The summed E-state index contributed by atoms with van der Waals surface area (Å²) in [6.45, 7) is 5.37. The molecule has 1 saturated heterocycles. The molecule has 0 radical (unpaired) electrons. The van der Waals surface area contributed by atoms with Crippen LogP contribution in [-0.4, -0.2) is 42.1 Å². The van der Waals surface area contributed by atoms with Crippen molar-refractivity contribution in [2.75, 3.05) is 26.2 Å². The maximum atomic E-state index is 12.4. The van der Waals surface area contributed by atoms with Gasteiger partial charge in [0, 0.05) is 13.1 Å². The Morgan fingerprint density at radius 3 is 2.80 bits per heavy atom. The second kappa shape index (κ2) is 7.41. The fourth-order valence-corrected chi connectivity index (χ4v) is 2.72. The fraction of sp³-hybridized carbons (Fsp3) is 0.562. The molecule has 0 bridgehead atoms. The van der Waals surface area contributed by atoms with E-state index in [2.05, 4.69) is 5.32 Å². The topological polar surface area (TPSA) is 52.6 Å². The zero-order valence-electron chi connectivity index (χ0n) is 12.1. The van der Waals surface area contributed by atoms with Gasteiger partial charge in [0.05, 0.1) is 0 Å².